The highest BCUT2D eigenvalue weighted by atomic mass is 16.6. The first-order chi connectivity index (χ1) is 10.6. The zero-order chi connectivity index (χ0) is 15.9. The van der Waals surface area contributed by atoms with Crippen molar-refractivity contribution in [3.8, 4) is 0 Å². The molecule has 1 amide bonds. The van der Waals surface area contributed by atoms with Gasteiger partial charge in [0.2, 0.25) is 0 Å². The summed E-state index contributed by atoms with van der Waals surface area (Å²) in [5.74, 6) is -0.492. The van der Waals surface area contributed by atoms with Crippen LogP contribution in [0, 0.1) is 0 Å². The van der Waals surface area contributed by atoms with E-state index in [-0.39, 0.29) is 6.61 Å². The van der Waals surface area contributed by atoms with Crippen molar-refractivity contribution >= 4 is 18.3 Å². The van der Waals surface area contributed by atoms with Crippen LogP contribution < -0.4 is 0 Å². The Bertz CT molecular complexity index is 531. The molecule has 0 spiro atoms. The molecular weight excluding hydrogens is 286 g/mol. The van der Waals surface area contributed by atoms with Crippen LogP contribution in [0.15, 0.2) is 30.3 Å². The van der Waals surface area contributed by atoms with E-state index in [4.69, 9.17) is 9.47 Å². The van der Waals surface area contributed by atoms with Crippen molar-refractivity contribution in [3.63, 3.8) is 0 Å². The summed E-state index contributed by atoms with van der Waals surface area (Å²) < 4.78 is 10.4. The fraction of sp³-hybridized carbons (Fsp3) is 0.438. The van der Waals surface area contributed by atoms with Gasteiger partial charge in [0.15, 0.2) is 6.04 Å². The second-order valence-corrected chi connectivity index (χ2v) is 5.13. The molecule has 2 rings (SSSR count). The SMILES string of the molecule is C[C@@H]1OC(=O)N(CCCC=O)[C@@H]1C(=O)OCc1ccccc1. The van der Waals surface area contributed by atoms with Gasteiger partial charge in [-0.1, -0.05) is 30.3 Å². The molecule has 6 heteroatoms. The number of unbranched alkanes of at least 4 members (excludes halogenated alkanes) is 1. The fourth-order valence-electron chi connectivity index (χ4n) is 2.37. The van der Waals surface area contributed by atoms with Crippen LogP contribution >= 0.6 is 0 Å². The van der Waals surface area contributed by atoms with Crippen LogP contribution in [0.25, 0.3) is 0 Å². The van der Waals surface area contributed by atoms with E-state index in [1.807, 2.05) is 30.3 Å². The number of ether oxygens (including phenoxy) is 2. The zero-order valence-corrected chi connectivity index (χ0v) is 12.4. The van der Waals surface area contributed by atoms with Crippen LogP contribution in [0.2, 0.25) is 0 Å². The second-order valence-electron chi connectivity index (χ2n) is 5.13. The van der Waals surface area contributed by atoms with Gasteiger partial charge in [-0.05, 0) is 18.9 Å². The molecule has 1 aliphatic rings. The Balaban J connectivity index is 1.95. The van der Waals surface area contributed by atoms with Gasteiger partial charge in [-0.15, -0.1) is 0 Å². The van der Waals surface area contributed by atoms with Gasteiger partial charge >= 0.3 is 12.1 Å². The van der Waals surface area contributed by atoms with Crippen LogP contribution in [0.5, 0.6) is 0 Å². The monoisotopic (exact) mass is 305 g/mol. The molecule has 1 fully saturated rings. The largest absolute Gasteiger partial charge is 0.459 e. The lowest BCUT2D eigenvalue weighted by molar-refractivity contribution is -0.150. The Kier molecular flexibility index (Phi) is 5.52. The topological polar surface area (TPSA) is 72.9 Å². The molecular formula is C16H19NO5. The van der Waals surface area contributed by atoms with E-state index in [0.717, 1.165) is 11.8 Å². The normalized spacial score (nSPS) is 20.6. The van der Waals surface area contributed by atoms with Gasteiger partial charge in [0.1, 0.15) is 19.0 Å². The highest BCUT2D eigenvalue weighted by Crippen LogP contribution is 2.21. The molecule has 6 nitrogen and oxygen atoms in total. The Morgan fingerprint density at radius 1 is 1.36 bits per heavy atom. The number of rotatable bonds is 7. The molecule has 0 unspecified atom stereocenters. The Morgan fingerprint density at radius 3 is 2.77 bits per heavy atom. The molecule has 1 heterocycles. The second kappa shape index (κ2) is 7.59. The van der Waals surface area contributed by atoms with Gasteiger partial charge in [0.25, 0.3) is 0 Å². The van der Waals surface area contributed by atoms with Gasteiger partial charge < -0.3 is 14.3 Å². The van der Waals surface area contributed by atoms with Crippen molar-refractivity contribution in [2.45, 2.75) is 38.5 Å². The van der Waals surface area contributed by atoms with Crippen LogP contribution in [-0.2, 0) is 25.7 Å². The van der Waals surface area contributed by atoms with Crippen molar-refractivity contribution in [1.82, 2.24) is 4.90 Å². The lowest BCUT2D eigenvalue weighted by Gasteiger charge is -2.21. The maximum atomic E-state index is 12.3. The summed E-state index contributed by atoms with van der Waals surface area (Å²) in [5, 5.41) is 0. The predicted molar refractivity (Wildman–Crippen MR) is 78.0 cm³/mol. The minimum atomic E-state index is -0.761. The highest BCUT2D eigenvalue weighted by molar-refractivity contribution is 5.85. The summed E-state index contributed by atoms with van der Waals surface area (Å²) in [5.41, 5.74) is 0.876. The Morgan fingerprint density at radius 2 is 2.09 bits per heavy atom. The maximum absolute atomic E-state index is 12.3. The number of carbonyl (C=O) groups is 3. The van der Waals surface area contributed by atoms with E-state index in [0.29, 0.717) is 19.4 Å². The average molecular weight is 305 g/mol. The first-order valence-corrected chi connectivity index (χ1v) is 7.25. The maximum Gasteiger partial charge on any atom is 0.411 e. The number of carbonyl (C=O) groups excluding carboxylic acids is 3. The number of aldehydes is 1. The zero-order valence-electron chi connectivity index (χ0n) is 12.4. The highest BCUT2D eigenvalue weighted by Gasteiger charge is 2.44. The van der Waals surface area contributed by atoms with Crippen LogP contribution in [0.4, 0.5) is 4.79 Å². The average Bonchev–Trinajstić information content (AvgIpc) is 2.80. The summed E-state index contributed by atoms with van der Waals surface area (Å²) >= 11 is 0. The third kappa shape index (κ3) is 3.84. The number of hydrogen-bond donors (Lipinski definition) is 0. The molecule has 22 heavy (non-hydrogen) atoms. The van der Waals surface area contributed by atoms with E-state index < -0.39 is 24.2 Å². The molecule has 1 aromatic rings. The van der Waals surface area contributed by atoms with Gasteiger partial charge in [0.05, 0.1) is 0 Å². The van der Waals surface area contributed by atoms with Gasteiger partial charge in [-0.25, -0.2) is 9.59 Å². The Hall–Kier alpha value is -2.37. The summed E-state index contributed by atoms with van der Waals surface area (Å²) in [4.78, 5) is 35.7. The van der Waals surface area contributed by atoms with Crippen molar-refractivity contribution in [2.24, 2.45) is 0 Å². The van der Waals surface area contributed by atoms with Gasteiger partial charge in [-0.2, -0.15) is 0 Å². The molecule has 1 aliphatic heterocycles. The first-order valence-electron chi connectivity index (χ1n) is 7.25. The van der Waals surface area contributed by atoms with Crippen LogP contribution in [0.3, 0.4) is 0 Å². The van der Waals surface area contributed by atoms with E-state index in [2.05, 4.69) is 0 Å². The molecule has 0 aliphatic carbocycles. The molecule has 2 atom stereocenters. The minimum Gasteiger partial charge on any atom is -0.459 e. The molecule has 1 saturated heterocycles. The van der Waals surface area contributed by atoms with E-state index >= 15 is 0 Å². The number of cyclic esters (lactones) is 1. The number of nitrogens with zero attached hydrogens (tertiary/aromatic N) is 1. The standard InChI is InChI=1S/C16H19NO5/c1-12-14(17(16(20)22-12)9-5-6-10-18)15(19)21-11-13-7-3-2-4-8-13/h2-4,7-8,10,12,14H,5-6,9,11H2,1H3/t12-,14-/m0/s1. The quantitative estimate of drug-likeness (QED) is 0.437. The van der Waals surface area contributed by atoms with Gasteiger partial charge in [0, 0.05) is 13.0 Å². The minimum absolute atomic E-state index is 0.152. The lowest BCUT2D eigenvalue weighted by atomic mass is 10.1. The fourth-order valence-corrected chi connectivity index (χ4v) is 2.37. The first kappa shape index (κ1) is 16.0. The predicted octanol–water partition coefficient (Wildman–Crippen LogP) is 1.92. The molecule has 118 valence electrons. The number of amides is 1. The van der Waals surface area contributed by atoms with E-state index in [1.54, 1.807) is 6.92 Å². The van der Waals surface area contributed by atoms with Crippen LogP contribution in [-0.4, -0.2) is 41.9 Å². The molecule has 0 bridgehead atoms. The smallest absolute Gasteiger partial charge is 0.411 e. The van der Waals surface area contributed by atoms with Gasteiger partial charge in [-0.3, -0.25) is 4.90 Å². The van der Waals surface area contributed by atoms with E-state index in [1.165, 1.54) is 4.90 Å². The van der Waals surface area contributed by atoms with E-state index in [9.17, 15) is 14.4 Å². The molecule has 0 aromatic heterocycles. The van der Waals surface area contributed by atoms with Crippen molar-refractivity contribution in [2.75, 3.05) is 6.54 Å². The summed E-state index contributed by atoms with van der Waals surface area (Å²) in [6, 6.07) is 8.55. The molecule has 0 radical (unpaired) electrons. The number of hydrogen-bond acceptors (Lipinski definition) is 5. The lowest BCUT2D eigenvalue weighted by Crippen LogP contribution is -2.43. The molecule has 0 saturated carbocycles. The van der Waals surface area contributed by atoms with Crippen molar-refractivity contribution in [1.29, 1.82) is 0 Å². The molecule has 0 N–H and O–H groups in total. The van der Waals surface area contributed by atoms with Crippen molar-refractivity contribution < 1.29 is 23.9 Å². The van der Waals surface area contributed by atoms with Crippen molar-refractivity contribution in [3.05, 3.63) is 35.9 Å². The Labute approximate surface area is 129 Å². The summed E-state index contributed by atoms with van der Waals surface area (Å²) in [6.07, 6.45) is 0.512. The number of benzene rings is 1. The summed E-state index contributed by atoms with van der Waals surface area (Å²) in [7, 11) is 0. The van der Waals surface area contributed by atoms with Crippen LogP contribution in [0.1, 0.15) is 25.3 Å². The third-order valence-electron chi connectivity index (χ3n) is 3.49. The third-order valence-corrected chi connectivity index (χ3v) is 3.49. The number of esters is 1. The summed E-state index contributed by atoms with van der Waals surface area (Å²) in [6.45, 7) is 2.11. The molecule has 1 aromatic carbocycles.